The van der Waals surface area contributed by atoms with Crippen molar-refractivity contribution in [3.63, 3.8) is 0 Å². The Morgan fingerprint density at radius 2 is 2.06 bits per heavy atom. The highest BCUT2D eigenvalue weighted by atomic mass is 16.4. The first-order valence-corrected chi connectivity index (χ1v) is 6.01. The summed E-state index contributed by atoms with van der Waals surface area (Å²) in [5.74, 6) is -1.15. The summed E-state index contributed by atoms with van der Waals surface area (Å²) < 4.78 is 0. The Bertz CT molecular complexity index is 421. The van der Waals surface area contributed by atoms with E-state index in [0.29, 0.717) is 6.42 Å². The van der Waals surface area contributed by atoms with E-state index in [1.54, 1.807) is 6.92 Å². The molecular formula is C14H18O3. The fraction of sp³-hybridized carbons (Fsp3) is 0.500. The van der Waals surface area contributed by atoms with E-state index in [1.807, 2.05) is 24.3 Å². The quantitative estimate of drug-likeness (QED) is 0.819. The van der Waals surface area contributed by atoms with Crippen molar-refractivity contribution in [1.29, 1.82) is 0 Å². The SMILES string of the molecule is CC(Cc1ccccc1C1(CO)CC1)C(=O)O. The largest absolute Gasteiger partial charge is 0.481 e. The van der Waals surface area contributed by atoms with Crippen molar-refractivity contribution in [2.45, 2.75) is 31.6 Å². The molecule has 1 atom stereocenters. The predicted octanol–water partition coefficient (Wildman–Crippen LogP) is 1.97. The maximum Gasteiger partial charge on any atom is 0.306 e. The molecule has 1 saturated carbocycles. The Morgan fingerprint density at radius 3 is 2.59 bits per heavy atom. The van der Waals surface area contributed by atoms with Crippen LogP contribution < -0.4 is 0 Å². The minimum Gasteiger partial charge on any atom is -0.481 e. The van der Waals surface area contributed by atoms with Gasteiger partial charge in [-0.1, -0.05) is 31.2 Å². The molecule has 2 N–H and O–H groups in total. The lowest BCUT2D eigenvalue weighted by atomic mass is 9.88. The maximum absolute atomic E-state index is 10.9. The number of aliphatic hydroxyl groups excluding tert-OH is 1. The normalized spacial score (nSPS) is 18.7. The summed E-state index contributed by atoms with van der Waals surface area (Å²) in [6.45, 7) is 1.88. The van der Waals surface area contributed by atoms with E-state index in [4.69, 9.17) is 5.11 Å². The van der Waals surface area contributed by atoms with Crippen molar-refractivity contribution in [2.75, 3.05) is 6.61 Å². The smallest absolute Gasteiger partial charge is 0.306 e. The molecule has 2 rings (SSSR count). The predicted molar refractivity (Wildman–Crippen MR) is 64.9 cm³/mol. The van der Waals surface area contributed by atoms with Gasteiger partial charge >= 0.3 is 5.97 Å². The van der Waals surface area contributed by atoms with E-state index in [0.717, 1.165) is 24.0 Å². The van der Waals surface area contributed by atoms with Crippen molar-refractivity contribution in [3.8, 4) is 0 Å². The second kappa shape index (κ2) is 4.49. The van der Waals surface area contributed by atoms with Crippen LogP contribution in [0.2, 0.25) is 0 Å². The average Bonchev–Trinajstić information content (AvgIpc) is 3.10. The fourth-order valence-corrected chi connectivity index (χ4v) is 2.30. The topological polar surface area (TPSA) is 57.5 Å². The van der Waals surface area contributed by atoms with Gasteiger partial charge in [-0.05, 0) is 30.4 Å². The number of carboxylic acid groups (broad SMARTS) is 1. The van der Waals surface area contributed by atoms with E-state index in [9.17, 15) is 9.90 Å². The Hall–Kier alpha value is -1.35. The van der Waals surface area contributed by atoms with Crippen molar-refractivity contribution >= 4 is 5.97 Å². The van der Waals surface area contributed by atoms with Crippen LogP contribution in [0, 0.1) is 5.92 Å². The molecule has 1 aromatic carbocycles. The van der Waals surface area contributed by atoms with Crippen LogP contribution in [0.1, 0.15) is 30.9 Å². The number of rotatable bonds is 5. The van der Waals surface area contributed by atoms with Gasteiger partial charge < -0.3 is 10.2 Å². The first-order chi connectivity index (χ1) is 8.09. The van der Waals surface area contributed by atoms with Gasteiger partial charge in [0.2, 0.25) is 0 Å². The van der Waals surface area contributed by atoms with Crippen LogP contribution in [0.4, 0.5) is 0 Å². The monoisotopic (exact) mass is 234 g/mol. The molecule has 1 unspecified atom stereocenters. The zero-order valence-corrected chi connectivity index (χ0v) is 10.0. The van der Waals surface area contributed by atoms with Crippen LogP contribution in [-0.4, -0.2) is 22.8 Å². The lowest BCUT2D eigenvalue weighted by Gasteiger charge is -2.18. The number of carboxylic acids is 1. The van der Waals surface area contributed by atoms with Gasteiger partial charge in [0.1, 0.15) is 0 Å². The van der Waals surface area contributed by atoms with Crippen LogP contribution in [-0.2, 0) is 16.6 Å². The molecule has 0 heterocycles. The van der Waals surface area contributed by atoms with Gasteiger partial charge in [-0.3, -0.25) is 4.79 Å². The third-order valence-corrected chi connectivity index (χ3v) is 3.69. The molecule has 1 fully saturated rings. The lowest BCUT2D eigenvalue weighted by molar-refractivity contribution is -0.141. The van der Waals surface area contributed by atoms with Crippen molar-refractivity contribution in [1.82, 2.24) is 0 Å². The molecule has 0 aromatic heterocycles. The van der Waals surface area contributed by atoms with Gasteiger partial charge in [-0.15, -0.1) is 0 Å². The average molecular weight is 234 g/mol. The number of carbonyl (C=O) groups is 1. The lowest BCUT2D eigenvalue weighted by Crippen LogP contribution is -2.18. The van der Waals surface area contributed by atoms with E-state index in [2.05, 4.69) is 0 Å². The van der Waals surface area contributed by atoms with Crippen LogP contribution >= 0.6 is 0 Å². The van der Waals surface area contributed by atoms with Gasteiger partial charge in [0.15, 0.2) is 0 Å². The number of hydrogen-bond donors (Lipinski definition) is 2. The standard InChI is InChI=1S/C14H18O3/c1-10(13(16)17)8-11-4-2-3-5-12(11)14(9-15)6-7-14/h2-5,10,15H,6-9H2,1H3,(H,16,17). The van der Waals surface area contributed by atoms with Crippen LogP contribution in [0.3, 0.4) is 0 Å². The number of aliphatic hydroxyl groups is 1. The Balaban J connectivity index is 2.25. The molecular weight excluding hydrogens is 216 g/mol. The summed E-state index contributed by atoms with van der Waals surface area (Å²) >= 11 is 0. The van der Waals surface area contributed by atoms with Crippen LogP contribution in [0.25, 0.3) is 0 Å². The van der Waals surface area contributed by atoms with Gasteiger partial charge in [-0.2, -0.15) is 0 Å². The summed E-state index contributed by atoms with van der Waals surface area (Å²) in [5, 5.41) is 18.4. The molecule has 0 saturated heterocycles. The molecule has 1 aliphatic carbocycles. The van der Waals surface area contributed by atoms with Gasteiger partial charge in [0.25, 0.3) is 0 Å². The van der Waals surface area contributed by atoms with Crippen molar-refractivity contribution in [3.05, 3.63) is 35.4 Å². The number of hydrogen-bond acceptors (Lipinski definition) is 2. The molecule has 0 bridgehead atoms. The molecule has 17 heavy (non-hydrogen) atoms. The van der Waals surface area contributed by atoms with E-state index >= 15 is 0 Å². The minimum atomic E-state index is -0.770. The number of benzene rings is 1. The van der Waals surface area contributed by atoms with Crippen LogP contribution in [0.5, 0.6) is 0 Å². The van der Waals surface area contributed by atoms with Gasteiger partial charge in [0, 0.05) is 5.41 Å². The fourth-order valence-electron chi connectivity index (χ4n) is 2.30. The molecule has 3 heteroatoms. The third-order valence-electron chi connectivity index (χ3n) is 3.69. The van der Waals surface area contributed by atoms with Gasteiger partial charge in [0.05, 0.1) is 12.5 Å². The highest BCUT2D eigenvalue weighted by Gasteiger charge is 2.44. The molecule has 0 aliphatic heterocycles. The van der Waals surface area contributed by atoms with Gasteiger partial charge in [-0.25, -0.2) is 0 Å². The highest BCUT2D eigenvalue weighted by molar-refractivity contribution is 5.70. The summed E-state index contributed by atoms with van der Waals surface area (Å²) in [5.41, 5.74) is 2.11. The van der Waals surface area contributed by atoms with Crippen molar-refractivity contribution in [2.24, 2.45) is 5.92 Å². The summed E-state index contributed by atoms with van der Waals surface area (Å²) in [4.78, 5) is 10.9. The Morgan fingerprint density at radius 1 is 1.41 bits per heavy atom. The zero-order valence-electron chi connectivity index (χ0n) is 10.0. The minimum absolute atomic E-state index is 0.0885. The van der Waals surface area contributed by atoms with E-state index < -0.39 is 5.97 Å². The molecule has 0 spiro atoms. The highest BCUT2D eigenvalue weighted by Crippen LogP contribution is 2.49. The second-order valence-corrected chi connectivity index (χ2v) is 5.04. The molecule has 92 valence electrons. The zero-order chi connectivity index (χ0) is 12.5. The number of aliphatic carboxylic acids is 1. The van der Waals surface area contributed by atoms with Crippen LogP contribution in [0.15, 0.2) is 24.3 Å². The Labute approximate surface area is 101 Å². The molecule has 0 amide bonds. The molecule has 1 aromatic rings. The molecule has 1 aliphatic rings. The first-order valence-electron chi connectivity index (χ1n) is 6.01. The maximum atomic E-state index is 10.9. The summed E-state index contributed by atoms with van der Waals surface area (Å²) in [7, 11) is 0. The van der Waals surface area contributed by atoms with E-state index in [1.165, 1.54) is 0 Å². The summed E-state index contributed by atoms with van der Waals surface area (Å²) in [6.07, 6.45) is 2.54. The third kappa shape index (κ3) is 2.34. The summed E-state index contributed by atoms with van der Waals surface area (Å²) in [6, 6.07) is 7.89. The molecule has 3 nitrogen and oxygen atoms in total. The molecule has 0 radical (unpaired) electrons. The Kier molecular flexibility index (Phi) is 3.20. The second-order valence-electron chi connectivity index (χ2n) is 5.04. The van der Waals surface area contributed by atoms with Crippen molar-refractivity contribution < 1.29 is 15.0 Å². The first kappa shape index (κ1) is 12.1. The van der Waals surface area contributed by atoms with E-state index in [-0.39, 0.29) is 17.9 Å².